The summed E-state index contributed by atoms with van der Waals surface area (Å²) < 4.78 is 1.23. The summed E-state index contributed by atoms with van der Waals surface area (Å²) in [5, 5.41) is 3.70. The second-order valence-corrected chi connectivity index (χ2v) is 5.80. The van der Waals surface area contributed by atoms with Crippen LogP contribution >= 0.6 is 15.9 Å². The van der Waals surface area contributed by atoms with Crippen molar-refractivity contribution in [3.05, 3.63) is 34.3 Å². The maximum Gasteiger partial charge on any atom is 0.0334 e. The lowest BCUT2D eigenvalue weighted by Gasteiger charge is -2.24. The SMILES string of the molecule is CCCNC(CC(CC)CC)c1ccccc1Br. The van der Waals surface area contributed by atoms with E-state index < -0.39 is 0 Å². The van der Waals surface area contributed by atoms with E-state index in [-0.39, 0.29) is 0 Å². The van der Waals surface area contributed by atoms with Crippen LogP contribution in [0.2, 0.25) is 0 Å². The third-order valence-corrected chi connectivity index (χ3v) is 4.37. The van der Waals surface area contributed by atoms with E-state index in [4.69, 9.17) is 0 Å². The van der Waals surface area contributed by atoms with E-state index in [9.17, 15) is 0 Å². The summed E-state index contributed by atoms with van der Waals surface area (Å²) in [6.45, 7) is 7.91. The summed E-state index contributed by atoms with van der Waals surface area (Å²) in [6, 6.07) is 9.07. The van der Waals surface area contributed by atoms with Crippen LogP contribution in [-0.4, -0.2) is 6.54 Å². The summed E-state index contributed by atoms with van der Waals surface area (Å²) in [7, 11) is 0. The van der Waals surface area contributed by atoms with Crippen LogP contribution < -0.4 is 5.32 Å². The zero-order valence-corrected chi connectivity index (χ0v) is 13.5. The summed E-state index contributed by atoms with van der Waals surface area (Å²) >= 11 is 3.68. The molecule has 0 spiro atoms. The molecule has 0 aliphatic carbocycles. The van der Waals surface area contributed by atoms with Gasteiger partial charge in [0.1, 0.15) is 0 Å². The molecule has 0 radical (unpaired) electrons. The lowest BCUT2D eigenvalue weighted by Crippen LogP contribution is -2.24. The van der Waals surface area contributed by atoms with Gasteiger partial charge in [0.05, 0.1) is 0 Å². The molecule has 1 unspecified atom stereocenters. The molecule has 0 aliphatic heterocycles. The minimum atomic E-state index is 0.477. The van der Waals surface area contributed by atoms with Crippen molar-refractivity contribution in [1.29, 1.82) is 0 Å². The van der Waals surface area contributed by atoms with Crippen LogP contribution in [0.3, 0.4) is 0 Å². The Morgan fingerprint density at radius 3 is 2.33 bits per heavy atom. The van der Waals surface area contributed by atoms with E-state index in [1.165, 1.54) is 35.7 Å². The van der Waals surface area contributed by atoms with Gasteiger partial charge in [0, 0.05) is 10.5 Å². The highest BCUT2D eigenvalue weighted by Crippen LogP contribution is 2.30. The Morgan fingerprint density at radius 1 is 1.11 bits per heavy atom. The van der Waals surface area contributed by atoms with Gasteiger partial charge < -0.3 is 5.32 Å². The molecular weight excluding hydrogens is 286 g/mol. The fraction of sp³-hybridized carbons (Fsp3) is 0.625. The fourth-order valence-electron chi connectivity index (χ4n) is 2.35. The highest BCUT2D eigenvalue weighted by atomic mass is 79.9. The molecule has 18 heavy (non-hydrogen) atoms. The first-order valence-corrected chi connectivity index (χ1v) is 7.99. The van der Waals surface area contributed by atoms with Gasteiger partial charge >= 0.3 is 0 Å². The highest BCUT2D eigenvalue weighted by molar-refractivity contribution is 9.10. The first-order chi connectivity index (χ1) is 8.72. The first-order valence-electron chi connectivity index (χ1n) is 7.20. The summed E-state index contributed by atoms with van der Waals surface area (Å²) in [4.78, 5) is 0. The Balaban J connectivity index is 2.80. The van der Waals surface area contributed by atoms with E-state index in [2.05, 4.69) is 66.3 Å². The molecule has 1 aromatic rings. The van der Waals surface area contributed by atoms with E-state index in [1.54, 1.807) is 0 Å². The monoisotopic (exact) mass is 311 g/mol. The molecule has 0 amide bonds. The van der Waals surface area contributed by atoms with Crippen molar-refractivity contribution in [2.45, 2.75) is 52.5 Å². The van der Waals surface area contributed by atoms with Gasteiger partial charge in [-0.3, -0.25) is 0 Å². The Hall–Kier alpha value is -0.340. The second kappa shape index (κ2) is 8.71. The lowest BCUT2D eigenvalue weighted by atomic mass is 9.91. The van der Waals surface area contributed by atoms with Crippen molar-refractivity contribution in [1.82, 2.24) is 5.32 Å². The Labute approximate surface area is 120 Å². The molecule has 1 nitrogen and oxygen atoms in total. The van der Waals surface area contributed by atoms with E-state index in [1.807, 2.05) is 0 Å². The molecule has 0 saturated carbocycles. The van der Waals surface area contributed by atoms with Gasteiger partial charge in [-0.2, -0.15) is 0 Å². The average Bonchev–Trinajstić information content (AvgIpc) is 2.40. The predicted molar refractivity (Wildman–Crippen MR) is 83.9 cm³/mol. The van der Waals surface area contributed by atoms with Crippen LogP contribution in [0.1, 0.15) is 58.1 Å². The molecule has 1 aromatic carbocycles. The molecule has 102 valence electrons. The van der Waals surface area contributed by atoms with Crippen molar-refractivity contribution >= 4 is 15.9 Å². The van der Waals surface area contributed by atoms with Crippen molar-refractivity contribution in [2.75, 3.05) is 6.54 Å². The van der Waals surface area contributed by atoms with E-state index in [0.717, 1.165) is 12.5 Å². The minimum absolute atomic E-state index is 0.477. The Kier molecular flexibility index (Phi) is 7.60. The normalized spacial score (nSPS) is 12.9. The molecule has 1 rings (SSSR count). The average molecular weight is 312 g/mol. The molecule has 1 N–H and O–H groups in total. The molecule has 0 aliphatic rings. The molecule has 0 heterocycles. The smallest absolute Gasteiger partial charge is 0.0334 e. The largest absolute Gasteiger partial charge is 0.310 e. The van der Waals surface area contributed by atoms with Crippen molar-refractivity contribution in [3.8, 4) is 0 Å². The van der Waals surface area contributed by atoms with E-state index >= 15 is 0 Å². The third kappa shape index (κ3) is 4.74. The van der Waals surface area contributed by atoms with Gasteiger partial charge in [-0.25, -0.2) is 0 Å². The molecular formula is C16H26BrN. The van der Waals surface area contributed by atoms with E-state index in [0.29, 0.717) is 6.04 Å². The minimum Gasteiger partial charge on any atom is -0.310 e. The van der Waals surface area contributed by atoms with Gasteiger partial charge in [-0.05, 0) is 36.9 Å². The maximum atomic E-state index is 3.70. The number of halogens is 1. The van der Waals surface area contributed by atoms with Crippen LogP contribution in [0.4, 0.5) is 0 Å². The number of rotatable bonds is 8. The van der Waals surface area contributed by atoms with Crippen LogP contribution in [-0.2, 0) is 0 Å². The molecule has 0 fully saturated rings. The maximum absolute atomic E-state index is 3.70. The standard InChI is InChI=1S/C16H26BrN/c1-4-11-18-16(12-13(5-2)6-3)14-9-7-8-10-15(14)17/h7-10,13,16,18H,4-6,11-12H2,1-3H3. The van der Waals surface area contributed by atoms with Crippen molar-refractivity contribution in [2.24, 2.45) is 5.92 Å². The van der Waals surface area contributed by atoms with Gasteiger partial charge in [0.2, 0.25) is 0 Å². The summed E-state index contributed by atoms with van der Waals surface area (Å²) in [5.74, 6) is 0.812. The van der Waals surface area contributed by atoms with Gasteiger partial charge in [-0.15, -0.1) is 0 Å². The number of nitrogens with one attached hydrogen (secondary N) is 1. The zero-order valence-electron chi connectivity index (χ0n) is 11.9. The second-order valence-electron chi connectivity index (χ2n) is 4.95. The number of benzene rings is 1. The number of hydrogen-bond donors (Lipinski definition) is 1. The number of hydrogen-bond acceptors (Lipinski definition) is 1. The van der Waals surface area contributed by atoms with Crippen LogP contribution in [0.25, 0.3) is 0 Å². The third-order valence-electron chi connectivity index (χ3n) is 3.65. The van der Waals surface area contributed by atoms with Crippen LogP contribution in [0.15, 0.2) is 28.7 Å². The lowest BCUT2D eigenvalue weighted by molar-refractivity contribution is 0.370. The summed E-state index contributed by atoms with van der Waals surface area (Å²) in [5.41, 5.74) is 1.40. The highest BCUT2D eigenvalue weighted by Gasteiger charge is 2.17. The first kappa shape index (κ1) is 15.7. The van der Waals surface area contributed by atoms with Crippen molar-refractivity contribution in [3.63, 3.8) is 0 Å². The fourth-order valence-corrected chi connectivity index (χ4v) is 2.91. The summed E-state index contributed by atoms with van der Waals surface area (Å²) in [6.07, 6.45) is 4.95. The Morgan fingerprint density at radius 2 is 1.78 bits per heavy atom. The van der Waals surface area contributed by atoms with Gasteiger partial charge in [-0.1, -0.05) is 67.7 Å². The molecule has 1 atom stereocenters. The van der Waals surface area contributed by atoms with Crippen molar-refractivity contribution < 1.29 is 0 Å². The van der Waals surface area contributed by atoms with Gasteiger partial charge in [0.25, 0.3) is 0 Å². The van der Waals surface area contributed by atoms with Gasteiger partial charge in [0.15, 0.2) is 0 Å². The van der Waals surface area contributed by atoms with Crippen LogP contribution in [0.5, 0.6) is 0 Å². The van der Waals surface area contributed by atoms with Crippen LogP contribution in [0, 0.1) is 5.92 Å². The molecule has 0 bridgehead atoms. The topological polar surface area (TPSA) is 12.0 Å². The molecule has 0 saturated heterocycles. The Bertz CT molecular complexity index is 334. The quantitative estimate of drug-likeness (QED) is 0.685. The zero-order chi connectivity index (χ0) is 13.4. The predicted octanol–water partition coefficient (Wildman–Crippen LogP) is 5.32. The molecule has 0 aromatic heterocycles. The molecule has 2 heteroatoms.